The number of primary amides is 1. The molecular weight excluding hydrogens is 360 g/mol. The molecule has 7 heteroatoms. The molecule has 1 heterocycles. The first-order valence-electron chi connectivity index (χ1n) is 9.14. The number of carbonyl (C=O) groups excluding carboxylic acids is 2. The molecule has 0 radical (unpaired) electrons. The normalized spacial score (nSPS) is 18.8. The lowest BCUT2D eigenvalue weighted by Crippen LogP contribution is -2.43. The smallest absolute Gasteiger partial charge is 0.254 e. The van der Waals surface area contributed by atoms with Gasteiger partial charge in [-0.3, -0.25) is 9.59 Å². The molecule has 0 spiro atoms. The van der Waals surface area contributed by atoms with E-state index in [0.717, 1.165) is 5.56 Å². The van der Waals surface area contributed by atoms with E-state index in [1.807, 2.05) is 37.3 Å². The highest BCUT2D eigenvalue weighted by Crippen LogP contribution is 2.40. The molecule has 1 fully saturated rings. The highest BCUT2D eigenvalue weighted by Gasteiger charge is 2.38. The first-order valence-corrected chi connectivity index (χ1v) is 9.14. The van der Waals surface area contributed by atoms with Crippen LogP contribution < -0.4 is 15.2 Å². The topological polar surface area (TPSA) is 102 Å². The second kappa shape index (κ2) is 8.31. The molecule has 2 aromatic carbocycles. The maximum Gasteiger partial charge on any atom is 0.254 e. The molecule has 28 heavy (non-hydrogen) atoms. The molecule has 0 saturated carbocycles. The third-order valence-corrected chi connectivity index (χ3v) is 4.76. The van der Waals surface area contributed by atoms with Crippen molar-refractivity contribution >= 4 is 11.8 Å². The summed E-state index contributed by atoms with van der Waals surface area (Å²) in [6, 6.07) is 12.0. The third-order valence-electron chi connectivity index (χ3n) is 4.76. The minimum absolute atomic E-state index is 0.0586. The van der Waals surface area contributed by atoms with Crippen LogP contribution in [-0.4, -0.2) is 54.2 Å². The molecule has 2 amide bonds. The maximum atomic E-state index is 13.2. The molecule has 0 aliphatic carbocycles. The Hall–Kier alpha value is -3.06. The summed E-state index contributed by atoms with van der Waals surface area (Å²) in [4.78, 5) is 26.2. The average molecular weight is 384 g/mol. The zero-order chi connectivity index (χ0) is 20.3. The number of carbonyl (C=O) groups is 2. The number of nitrogens with zero attached hydrogens (tertiary/aromatic N) is 1. The maximum absolute atomic E-state index is 13.2. The van der Waals surface area contributed by atoms with Gasteiger partial charge in [0.1, 0.15) is 6.04 Å². The highest BCUT2D eigenvalue weighted by molar-refractivity contribution is 6.00. The Labute approximate surface area is 163 Å². The summed E-state index contributed by atoms with van der Waals surface area (Å²) in [7, 11) is 1.55. The first-order chi connectivity index (χ1) is 13.5. The number of amides is 2. The number of likely N-dealkylation sites (tertiary alicyclic amines) is 1. The molecule has 0 aromatic heterocycles. The molecule has 2 aromatic rings. The first kappa shape index (κ1) is 19.7. The number of methoxy groups -OCH3 is 1. The summed E-state index contributed by atoms with van der Waals surface area (Å²) >= 11 is 0. The number of β-amino-alcohol motifs (C(OH)–C–C–N with tert-alkyl or cyclic N) is 1. The van der Waals surface area contributed by atoms with Gasteiger partial charge in [-0.2, -0.15) is 0 Å². The molecule has 7 nitrogen and oxygen atoms in total. The Morgan fingerprint density at radius 2 is 1.96 bits per heavy atom. The Morgan fingerprint density at radius 3 is 2.57 bits per heavy atom. The van der Waals surface area contributed by atoms with Crippen molar-refractivity contribution in [2.75, 3.05) is 20.3 Å². The number of hydrogen-bond acceptors (Lipinski definition) is 5. The van der Waals surface area contributed by atoms with Gasteiger partial charge in [-0.05, 0) is 24.6 Å². The van der Waals surface area contributed by atoms with Crippen LogP contribution in [0.4, 0.5) is 0 Å². The Morgan fingerprint density at radius 1 is 1.25 bits per heavy atom. The predicted molar refractivity (Wildman–Crippen MR) is 104 cm³/mol. The van der Waals surface area contributed by atoms with Gasteiger partial charge in [0, 0.05) is 24.1 Å². The largest absolute Gasteiger partial charge is 0.492 e. The van der Waals surface area contributed by atoms with Crippen LogP contribution in [0.25, 0.3) is 11.1 Å². The molecule has 1 saturated heterocycles. The lowest BCUT2D eigenvalue weighted by molar-refractivity contribution is -0.121. The minimum Gasteiger partial charge on any atom is -0.492 e. The SMILES string of the molecule is CCOc1cc(C(=O)N2C[C@H](O)C[C@H]2C(N)=O)cc(-c2ccccc2)c1OC. The van der Waals surface area contributed by atoms with Crippen LogP contribution >= 0.6 is 0 Å². The number of hydrogen-bond donors (Lipinski definition) is 2. The van der Waals surface area contributed by atoms with E-state index in [1.165, 1.54) is 4.90 Å². The van der Waals surface area contributed by atoms with Gasteiger partial charge in [0.15, 0.2) is 11.5 Å². The molecule has 3 N–H and O–H groups in total. The number of nitrogens with two attached hydrogens (primary N) is 1. The van der Waals surface area contributed by atoms with E-state index >= 15 is 0 Å². The zero-order valence-corrected chi connectivity index (χ0v) is 15.9. The lowest BCUT2D eigenvalue weighted by atomic mass is 10.00. The van der Waals surface area contributed by atoms with Crippen molar-refractivity contribution < 1.29 is 24.2 Å². The van der Waals surface area contributed by atoms with E-state index in [4.69, 9.17) is 15.2 Å². The average Bonchev–Trinajstić information content (AvgIpc) is 3.10. The van der Waals surface area contributed by atoms with E-state index < -0.39 is 18.1 Å². The van der Waals surface area contributed by atoms with Crippen LogP contribution in [0.1, 0.15) is 23.7 Å². The molecule has 1 aliphatic rings. The summed E-state index contributed by atoms with van der Waals surface area (Å²) < 4.78 is 11.3. The molecule has 148 valence electrons. The lowest BCUT2D eigenvalue weighted by Gasteiger charge is -2.23. The number of benzene rings is 2. The number of aliphatic hydroxyl groups excluding tert-OH is 1. The second-order valence-electron chi connectivity index (χ2n) is 6.62. The van der Waals surface area contributed by atoms with Crippen LogP contribution in [0.5, 0.6) is 11.5 Å². The van der Waals surface area contributed by atoms with Crippen molar-refractivity contribution in [1.29, 1.82) is 0 Å². The third kappa shape index (κ3) is 3.80. The fourth-order valence-electron chi connectivity index (χ4n) is 3.50. The summed E-state index contributed by atoms with van der Waals surface area (Å²) in [5, 5.41) is 9.92. The number of aliphatic hydroxyl groups is 1. The van der Waals surface area contributed by atoms with Crippen LogP contribution in [0.2, 0.25) is 0 Å². The van der Waals surface area contributed by atoms with Gasteiger partial charge in [0.25, 0.3) is 5.91 Å². The van der Waals surface area contributed by atoms with Crippen molar-refractivity contribution in [1.82, 2.24) is 4.90 Å². The van der Waals surface area contributed by atoms with E-state index in [-0.39, 0.29) is 18.9 Å². The van der Waals surface area contributed by atoms with Gasteiger partial charge in [-0.25, -0.2) is 0 Å². The van der Waals surface area contributed by atoms with Crippen molar-refractivity contribution in [3.05, 3.63) is 48.0 Å². The highest BCUT2D eigenvalue weighted by atomic mass is 16.5. The van der Waals surface area contributed by atoms with E-state index in [9.17, 15) is 14.7 Å². The van der Waals surface area contributed by atoms with Crippen molar-refractivity contribution in [3.8, 4) is 22.6 Å². The molecule has 2 atom stereocenters. The molecular formula is C21H24N2O5. The van der Waals surface area contributed by atoms with Crippen LogP contribution in [-0.2, 0) is 4.79 Å². The summed E-state index contributed by atoms with van der Waals surface area (Å²) in [5.74, 6) is -0.0598. The zero-order valence-electron chi connectivity index (χ0n) is 15.9. The summed E-state index contributed by atoms with van der Waals surface area (Å²) in [6.45, 7) is 2.30. The fraction of sp³-hybridized carbons (Fsp3) is 0.333. The minimum atomic E-state index is -0.833. The van der Waals surface area contributed by atoms with E-state index in [1.54, 1.807) is 19.2 Å². The quantitative estimate of drug-likeness (QED) is 0.791. The monoisotopic (exact) mass is 384 g/mol. The van der Waals surface area contributed by atoms with Crippen molar-refractivity contribution in [2.45, 2.75) is 25.5 Å². The predicted octanol–water partition coefficient (Wildman–Crippen LogP) is 1.82. The van der Waals surface area contributed by atoms with Crippen molar-refractivity contribution in [2.24, 2.45) is 5.73 Å². The van der Waals surface area contributed by atoms with Crippen LogP contribution in [0.15, 0.2) is 42.5 Å². The molecule has 0 bridgehead atoms. The standard InChI is InChI=1S/C21H24N2O5/c1-3-28-18-10-14(21(26)23-12-15(24)11-17(23)20(22)25)9-16(19(18)27-2)13-7-5-4-6-8-13/h4-10,15,17,24H,3,11-12H2,1-2H3,(H2,22,25)/t15-,17+/m1/s1. The Balaban J connectivity index is 2.09. The molecule has 0 unspecified atom stereocenters. The van der Waals surface area contributed by atoms with E-state index in [0.29, 0.717) is 29.2 Å². The number of rotatable bonds is 6. The van der Waals surface area contributed by atoms with Gasteiger partial charge in [0.2, 0.25) is 5.91 Å². The fourth-order valence-corrected chi connectivity index (χ4v) is 3.50. The van der Waals surface area contributed by atoms with Gasteiger partial charge in [0.05, 0.1) is 19.8 Å². The summed E-state index contributed by atoms with van der Waals surface area (Å²) in [5.41, 5.74) is 7.32. The van der Waals surface area contributed by atoms with Crippen LogP contribution in [0.3, 0.4) is 0 Å². The van der Waals surface area contributed by atoms with E-state index in [2.05, 4.69) is 0 Å². The van der Waals surface area contributed by atoms with Gasteiger partial charge < -0.3 is 25.2 Å². The molecule has 1 aliphatic heterocycles. The number of ether oxygens (including phenoxy) is 2. The van der Waals surface area contributed by atoms with Gasteiger partial charge in [-0.15, -0.1) is 0 Å². The molecule has 3 rings (SSSR count). The van der Waals surface area contributed by atoms with Gasteiger partial charge in [-0.1, -0.05) is 30.3 Å². The summed E-state index contributed by atoms with van der Waals surface area (Å²) in [6.07, 6.45) is -0.638. The Kier molecular flexibility index (Phi) is 5.84. The van der Waals surface area contributed by atoms with Crippen LogP contribution in [0, 0.1) is 0 Å². The van der Waals surface area contributed by atoms with Gasteiger partial charge >= 0.3 is 0 Å². The second-order valence-corrected chi connectivity index (χ2v) is 6.62. The Bertz CT molecular complexity index is 869. The van der Waals surface area contributed by atoms with Crippen molar-refractivity contribution in [3.63, 3.8) is 0 Å².